The zero-order valence-corrected chi connectivity index (χ0v) is 9.98. The second kappa shape index (κ2) is 5.58. The minimum absolute atomic E-state index is 0.616. The van der Waals surface area contributed by atoms with Crippen molar-refractivity contribution in [2.75, 3.05) is 13.2 Å². The third-order valence-electron chi connectivity index (χ3n) is 2.69. The number of aromatic nitrogens is 1. The monoisotopic (exact) mass is 226 g/mol. The third kappa shape index (κ3) is 3.26. The van der Waals surface area contributed by atoms with Crippen molar-refractivity contribution in [3.8, 4) is 0 Å². The number of ether oxygens (including phenoxy) is 1. The summed E-state index contributed by atoms with van der Waals surface area (Å²) < 4.78 is 5.32. The summed E-state index contributed by atoms with van der Waals surface area (Å²) in [6, 6.07) is 0.616. The first-order valence-electron chi connectivity index (χ1n) is 5.63. The minimum atomic E-state index is 0.616. The molecule has 3 nitrogen and oxygen atoms in total. The molecule has 4 heteroatoms. The van der Waals surface area contributed by atoms with E-state index in [0.717, 1.165) is 39.0 Å². The molecule has 2 rings (SSSR count). The first-order valence-corrected chi connectivity index (χ1v) is 6.51. The molecule has 1 saturated heterocycles. The van der Waals surface area contributed by atoms with E-state index in [1.165, 1.54) is 10.7 Å². The van der Waals surface area contributed by atoms with Gasteiger partial charge in [-0.3, -0.25) is 0 Å². The predicted molar refractivity (Wildman–Crippen MR) is 62.2 cm³/mol. The van der Waals surface area contributed by atoms with Crippen molar-refractivity contribution < 1.29 is 4.74 Å². The number of aryl methyl sites for hydroxylation is 1. The summed E-state index contributed by atoms with van der Waals surface area (Å²) in [5.41, 5.74) is 1.18. The fraction of sp³-hybridized carbons (Fsp3) is 0.727. The van der Waals surface area contributed by atoms with Gasteiger partial charge in [-0.25, -0.2) is 4.98 Å². The Morgan fingerprint density at radius 1 is 1.53 bits per heavy atom. The summed E-state index contributed by atoms with van der Waals surface area (Å²) in [5, 5.41) is 6.93. The first kappa shape index (κ1) is 11.0. The topological polar surface area (TPSA) is 34.2 Å². The Hall–Kier alpha value is -0.450. The molecule has 0 spiro atoms. The molecule has 1 aliphatic heterocycles. The highest BCUT2D eigenvalue weighted by molar-refractivity contribution is 7.09. The molecule has 2 heterocycles. The molecule has 0 aromatic carbocycles. The van der Waals surface area contributed by atoms with Crippen molar-refractivity contribution in [1.29, 1.82) is 0 Å². The van der Waals surface area contributed by atoms with Crippen LogP contribution >= 0.6 is 11.3 Å². The Kier molecular flexibility index (Phi) is 4.11. The fourth-order valence-corrected chi connectivity index (χ4v) is 2.49. The number of rotatable bonds is 4. The lowest BCUT2D eigenvalue weighted by Crippen LogP contribution is -2.34. The highest BCUT2D eigenvalue weighted by Gasteiger charge is 2.13. The maximum Gasteiger partial charge on any atom is 0.0926 e. The van der Waals surface area contributed by atoms with Gasteiger partial charge in [0, 0.05) is 31.2 Å². The van der Waals surface area contributed by atoms with Gasteiger partial charge < -0.3 is 10.1 Å². The van der Waals surface area contributed by atoms with E-state index in [9.17, 15) is 0 Å². The molecule has 0 unspecified atom stereocenters. The molecule has 1 fully saturated rings. The molecule has 0 bridgehead atoms. The number of nitrogens with zero attached hydrogens (tertiary/aromatic N) is 1. The fourth-order valence-electron chi connectivity index (χ4n) is 1.74. The van der Waals surface area contributed by atoms with Crippen LogP contribution < -0.4 is 5.32 Å². The maximum atomic E-state index is 5.32. The van der Waals surface area contributed by atoms with Gasteiger partial charge >= 0.3 is 0 Å². The van der Waals surface area contributed by atoms with E-state index in [4.69, 9.17) is 4.74 Å². The lowest BCUT2D eigenvalue weighted by Gasteiger charge is -2.22. The molecule has 15 heavy (non-hydrogen) atoms. The van der Waals surface area contributed by atoms with E-state index >= 15 is 0 Å². The predicted octanol–water partition coefficient (Wildman–Crippen LogP) is 1.97. The normalized spacial score (nSPS) is 18.2. The van der Waals surface area contributed by atoms with Crippen LogP contribution in [0.15, 0.2) is 5.38 Å². The van der Waals surface area contributed by atoms with Crippen LogP contribution in [0, 0.1) is 0 Å². The van der Waals surface area contributed by atoms with Crippen LogP contribution in [0.3, 0.4) is 0 Å². The minimum Gasteiger partial charge on any atom is -0.381 e. The Balaban J connectivity index is 1.76. The van der Waals surface area contributed by atoms with Crippen LogP contribution in [0.1, 0.15) is 30.5 Å². The maximum absolute atomic E-state index is 5.32. The van der Waals surface area contributed by atoms with Crippen LogP contribution in [0.4, 0.5) is 0 Å². The molecule has 1 N–H and O–H groups in total. The van der Waals surface area contributed by atoms with E-state index in [0.29, 0.717) is 6.04 Å². The largest absolute Gasteiger partial charge is 0.381 e. The summed E-state index contributed by atoms with van der Waals surface area (Å²) in [6.45, 7) is 4.85. The summed E-state index contributed by atoms with van der Waals surface area (Å²) >= 11 is 1.76. The molecule has 0 radical (unpaired) electrons. The molecule has 1 aromatic rings. The quantitative estimate of drug-likeness (QED) is 0.852. The van der Waals surface area contributed by atoms with Crippen LogP contribution in [-0.4, -0.2) is 24.2 Å². The highest BCUT2D eigenvalue weighted by Crippen LogP contribution is 2.11. The van der Waals surface area contributed by atoms with Gasteiger partial charge in [0.15, 0.2) is 0 Å². The van der Waals surface area contributed by atoms with Gasteiger partial charge in [-0.2, -0.15) is 0 Å². The van der Waals surface area contributed by atoms with Gasteiger partial charge in [0.1, 0.15) is 0 Å². The number of hydrogen-bond donors (Lipinski definition) is 1. The summed E-state index contributed by atoms with van der Waals surface area (Å²) in [6.07, 6.45) is 3.30. The molecule has 0 aliphatic carbocycles. The van der Waals surface area contributed by atoms with Gasteiger partial charge in [0.2, 0.25) is 0 Å². The standard InChI is InChI=1S/C11H18N2OS/c1-2-11-13-10(8-15-11)7-12-9-3-5-14-6-4-9/h8-9,12H,2-7H2,1H3. The van der Waals surface area contributed by atoms with Crippen LogP contribution in [0.2, 0.25) is 0 Å². The SMILES string of the molecule is CCc1nc(CNC2CCOCC2)cs1. The van der Waals surface area contributed by atoms with Crippen LogP contribution in [-0.2, 0) is 17.7 Å². The second-order valence-corrected chi connectivity index (χ2v) is 4.80. The zero-order valence-electron chi connectivity index (χ0n) is 9.16. The highest BCUT2D eigenvalue weighted by atomic mass is 32.1. The average Bonchev–Trinajstić information content (AvgIpc) is 2.76. The van der Waals surface area contributed by atoms with Gasteiger partial charge in [-0.05, 0) is 19.3 Å². The molecule has 0 atom stereocenters. The van der Waals surface area contributed by atoms with Crippen molar-refractivity contribution in [3.63, 3.8) is 0 Å². The molecular formula is C11H18N2OS. The molecule has 0 saturated carbocycles. The smallest absolute Gasteiger partial charge is 0.0926 e. The van der Waals surface area contributed by atoms with Crippen molar-refractivity contribution in [3.05, 3.63) is 16.1 Å². The molecular weight excluding hydrogens is 208 g/mol. The summed E-state index contributed by atoms with van der Waals surface area (Å²) in [7, 11) is 0. The Labute approximate surface area is 94.9 Å². The van der Waals surface area contributed by atoms with Crippen molar-refractivity contribution in [2.24, 2.45) is 0 Å². The number of hydrogen-bond acceptors (Lipinski definition) is 4. The third-order valence-corrected chi connectivity index (χ3v) is 3.74. The summed E-state index contributed by atoms with van der Waals surface area (Å²) in [4.78, 5) is 4.54. The van der Waals surface area contributed by atoms with Crippen LogP contribution in [0.25, 0.3) is 0 Å². The van der Waals surface area contributed by atoms with E-state index in [1.807, 2.05) is 0 Å². The van der Waals surface area contributed by atoms with Gasteiger partial charge in [-0.15, -0.1) is 11.3 Å². The lowest BCUT2D eigenvalue weighted by molar-refractivity contribution is 0.0775. The van der Waals surface area contributed by atoms with Gasteiger partial charge in [0.05, 0.1) is 10.7 Å². The Bertz CT molecular complexity index is 295. The summed E-state index contributed by atoms with van der Waals surface area (Å²) in [5.74, 6) is 0. The Morgan fingerprint density at radius 2 is 2.33 bits per heavy atom. The van der Waals surface area contributed by atoms with Crippen molar-refractivity contribution in [2.45, 2.75) is 38.8 Å². The molecule has 1 aliphatic rings. The molecule has 0 amide bonds. The van der Waals surface area contributed by atoms with Crippen molar-refractivity contribution in [1.82, 2.24) is 10.3 Å². The number of nitrogens with one attached hydrogen (secondary N) is 1. The molecule has 84 valence electrons. The van der Waals surface area contributed by atoms with Crippen LogP contribution in [0.5, 0.6) is 0 Å². The van der Waals surface area contributed by atoms with E-state index in [1.54, 1.807) is 11.3 Å². The van der Waals surface area contributed by atoms with Gasteiger partial charge in [0.25, 0.3) is 0 Å². The first-order chi connectivity index (χ1) is 7.38. The van der Waals surface area contributed by atoms with E-state index in [-0.39, 0.29) is 0 Å². The average molecular weight is 226 g/mol. The van der Waals surface area contributed by atoms with Gasteiger partial charge in [-0.1, -0.05) is 6.92 Å². The molecule has 1 aromatic heterocycles. The van der Waals surface area contributed by atoms with Crippen molar-refractivity contribution >= 4 is 11.3 Å². The Morgan fingerprint density at radius 3 is 3.00 bits per heavy atom. The zero-order chi connectivity index (χ0) is 10.5. The lowest BCUT2D eigenvalue weighted by atomic mass is 10.1. The number of thiazole rings is 1. The van der Waals surface area contributed by atoms with E-state index < -0.39 is 0 Å². The second-order valence-electron chi connectivity index (χ2n) is 3.85. The van der Waals surface area contributed by atoms with E-state index in [2.05, 4.69) is 22.6 Å².